The first kappa shape index (κ1) is 20.9. The third-order valence-corrected chi connectivity index (χ3v) is 3.84. The second kappa shape index (κ2) is 10.0. The van der Waals surface area contributed by atoms with Crippen molar-refractivity contribution in [1.82, 2.24) is 15.0 Å². The highest BCUT2D eigenvalue weighted by Gasteiger charge is 2.16. The van der Waals surface area contributed by atoms with Crippen molar-refractivity contribution < 1.29 is 14.1 Å². The van der Waals surface area contributed by atoms with E-state index in [0.717, 1.165) is 11.3 Å². The second-order valence-electron chi connectivity index (χ2n) is 5.56. The van der Waals surface area contributed by atoms with Crippen molar-refractivity contribution in [2.45, 2.75) is 32.7 Å². The summed E-state index contributed by atoms with van der Waals surface area (Å²) in [4.78, 5) is 18.0. The maximum atomic E-state index is 12.1. The average molecular weight is 369 g/mol. The minimum atomic E-state index is 0. The molecular weight excluding hydrogens is 344 g/mol. The summed E-state index contributed by atoms with van der Waals surface area (Å²) in [5.74, 6) is 1.76. The van der Waals surface area contributed by atoms with E-state index in [1.807, 2.05) is 38.1 Å². The molecule has 8 heteroatoms. The Labute approximate surface area is 153 Å². The Kier molecular flexibility index (Phi) is 8.37. The Balaban J connectivity index is 0.00000312. The van der Waals surface area contributed by atoms with Gasteiger partial charge >= 0.3 is 0 Å². The standard InChI is InChI=1S/C17H24N4O3.ClH/c1-4-23-14-7-5-13(6-8-14)17-19-15(24-20-17)9-10-16(22)21(3)12(2)11-18;/h5-8,12H,4,9-11,18H2,1-3H3;1H. The van der Waals surface area contributed by atoms with E-state index in [4.69, 9.17) is 15.0 Å². The lowest BCUT2D eigenvalue weighted by molar-refractivity contribution is -0.131. The Morgan fingerprint density at radius 1 is 1.36 bits per heavy atom. The van der Waals surface area contributed by atoms with Crippen molar-refractivity contribution in [3.8, 4) is 17.1 Å². The van der Waals surface area contributed by atoms with Crippen molar-refractivity contribution in [1.29, 1.82) is 0 Å². The van der Waals surface area contributed by atoms with E-state index in [9.17, 15) is 4.79 Å². The van der Waals surface area contributed by atoms with Gasteiger partial charge in [0.1, 0.15) is 5.75 Å². The number of carbonyl (C=O) groups excluding carboxylic acids is 1. The van der Waals surface area contributed by atoms with Gasteiger partial charge in [-0.05, 0) is 38.1 Å². The first-order chi connectivity index (χ1) is 11.5. The lowest BCUT2D eigenvalue weighted by Crippen LogP contribution is -2.39. The zero-order valence-corrected chi connectivity index (χ0v) is 15.6. The van der Waals surface area contributed by atoms with E-state index < -0.39 is 0 Å². The molecule has 0 spiro atoms. The van der Waals surface area contributed by atoms with Crippen LogP contribution in [0.25, 0.3) is 11.4 Å². The molecule has 7 nitrogen and oxygen atoms in total. The van der Waals surface area contributed by atoms with Gasteiger partial charge in [-0.2, -0.15) is 4.98 Å². The van der Waals surface area contributed by atoms with E-state index >= 15 is 0 Å². The highest BCUT2D eigenvalue weighted by atomic mass is 35.5. The van der Waals surface area contributed by atoms with E-state index in [0.29, 0.717) is 37.7 Å². The molecule has 1 atom stereocenters. The third-order valence-electron chi connectivity index (χ3n) is 3.84. The molecule has 1 unspecified atom stereocenters. The quantitative estimate of drug-likeness (QED) is 0.768. The fourth-order valence-electron chi connectivity index (χ4n) is 2.13. The zero-order chi connectivity index (χ0) is 17.5. The van der Waals surface area contributed by atoms with Crippen LogP contribution >= 0.6 is 12.4 Å². The van der Waals surface area contributed by atoms with E-state index in [1.165, 1.54) is 0 Å². The molecule has 0 aliphatic rings. The van der Waals surface area contributed by atoms with Gasteiger partial charge in [0.25, 0.3) is 0 Å². The topological polar surface area (TPSA) is 94.5 Å². The number of rotatable bonds is 8. The molecule has 1 amide bonds. The molecular formula is C17H25ClN4O3. The molecule has 1 aromatic carbocycles. The highest BCUT2D eigenvalue weighted by Crippen LogP contribution is 2.20. The summed E-state index contributed by atoms with van der Waals surface area (Å²) in [6.07, 6.45) is 0.718. The largest absolute Gasteiger partial charge is 0.494 e. The molecule has 0 saturated heterocycles. The van der Waals surface area contributed by atoms with Crippen molar-refractivity contribution >= 4 is 18.3 Å². The maximum absolute atomic E-state index is 12.1. The summed E-state index contributed by atoms with van der Waals surface area (Å²) in [7, 11) is 1.75. The molecule has 2 rings (SSSR count). The Hall–Kier alpha value is -2.12. The van der Waals surface area contributed by atoms with Gasteiger partial charge in [-0.25, -0.2) is 0 Å². The van der Waals surface area contributed by atoms with Crippen LogP contribution in [0.5, 0.6) is 5.75 Å². The van der Waals surface area contributed by atoms with Gasteiger partial charge in [0.2, 0.25) is 17.6 Å². The monoisotopic (exact) mass is 368 g/mol. The van der Waals surface area contributed by atoms with Crippen LogP contribution in [0.4, 0.5) is 0 Å². The summed E-state index contributed by atoms with van der Waals surface area (Å²) in [5.41, 5.74) is 6.41. The number of ether oxygens (including phenoxy) is 1. The molecule has 2 aromatic rings. The molecule has 0 aliphatic heterocycles. The summed E-state index contributed by atoms with van der Waals surface area (Å²) >= 11 is 0. The van der Waals surface area contributed by atoms with Gasteiger partial charge in [0.05, 0.1) is 6.61 Å². The fraction of sp³-hybridized carbons (Fsp3) is 0.471. The molecule has 138 valence electrons. The van der Waals surface area contributed by atoms with Gasteiger partial charge < -0.3 is 19.9 Å². The normalized spacial score (nSPS) is 11.5. The summed E-state index contributed by atoms with van der Waals surface area (Å²) in [5, 5.41) is 3.96. The minimum Gasteiger partial charge on any atom is -0.494 e. The van der Waals surface area contributed by atoms with Crippen molar-refractivity contribution in [2.75, 3.05) is 20.2 Å². The number of benzene rings is 1. The van der Waals surface area contributed by atoms with Crippen LogP contribution in [0.15, 0.2) is 28.8 Å². The smallest absolute Gasteiger partial charge is 0.227 e. The highest BCUT2D eigenvalue weighted by molar-refractivity contribution is 5.85. The molecule has 0 bridgehead atoms. The molecule has 0 aliphatic carbocycles. The lowest BCUT2D eigenvalue weighted by atomic mass is 10.2. The number of amides is 1. The van der Waals surface area contributed by atoms with Crippen LogP contribution in [0, 0.1) is 0 Å². The number of likely N-dealkylation sites (N-methyl/N-ethyl adjacent to an activating group) is 1. The molecule has 1 heterocycles. The van der Waals surface area contributed by atoms with Crippen molar-refractivity contribution in [3.05, 3.63) is 30.2 Å². The predicted octanol–water partition coefficient (Wildman–Crippen LogP) is 2.30. The molecule has 0 fully saturated rings. The number of halogens is 1. The Bertz CT molecular complexity index is 660. The maximum Gasteiger partial charge on any atom is 0.227 e. The molecule has 25 heavy (non-hydrogen) atoms. The number of hydrogen-bond donors (Lipinski definition) is 1. The van der Waals surface area contributed by atoms with Gasteiger partial charge in [0, 0.05) is 38.0 Å². The van der Waals surface area contributed by atoms with Crippen LogP contribution in [-0.2, 0) is 11.2 Å². The fourth-order valence-corrected chi connectivity index (χ4v) is 2.13. The number of nitrogens with zero attached hydrogens (tertiary/aromatic N) is 3. The summed E-state index contributed by atoms with van der Waals surface area (Å²) in [6.45, 7) is 4.91. The molecule has 1 aromatic heterocycles. The third kappa shape index (κ3) is 5.72. The van der Waals surface area contributed by atoms with Gasteiger partial charge in [-0.15, -0.1) is 12.4 Å². The van der Waals surface area contributed by atoms with Gasteiger partial charge in [0.15, 0.2) is 0 Å². The van der Waals surface area contributed by atoms with E-state index in [-0.39, 0.29) is 24.4 Å². The van der Waals surface area contributed by atoms with Gasteiger partial charge in [-0.1, -0.05) is 5.16 Å². The second-order valence-corrected chi connectivity index (χ2v) is 5.56. The number of aromatic nitrogens is 2. The average Bonchev–Trinajstić information content (AvgIpc) is 3.08. The van der Waals surface area contributed by atoms with Crippen molar-refractivity contribution in [2.24, 2.45) is 5.73 Å². The van der Waals surface area contributed by atoms with Crippen molar-refractivity contribution in [3.63, 3.8) is 0 Å². The van der Waals surface area contributed by atoms with Crippen LogP contribution in [0.2, 0.25) is 0 Å². The first-order valence-electron chi connectivity index (χ1n) is 8.06. The Morgan fingerprint density at radius 2 is 2.04 bits per heavy atom. The Morgan fingerprint density at radius 3 is 2.64 bits per heavy atom. The first-order valence-corrected chi connectivity index (χ1v) is 8.06. The molecule has 0 saturated carbocycles. The number of carbonyl (C=O) groups is 1. The SMILES string of the molecule is CCOc1ccc(-c2noc(CCC(=O)N(C)C(C)CN)n2)cc1.Cl. The number of hydrogen-bond acceptors (Lipinski definition) is 6. The zero-order valence-electron chi connectivity index (χ0n) is 14.8. The predicted molar refractivity (Wildman–Crippen MR) is 97.8 cm³/mol. The summed E-state index contributed by atoms with van der Waals surface area (Å²) in [6, 6.07) is 7.49. The van der Waals surface area contributed by atoms with Crippen LogP contribution < -0.4 is 10.5 Å². The van der Waals surface area contributed by atoms with E-state index in [1.54, 1.807) is 11.9 Å². The van der Waals surface area contributed by atoms with Crippen LogP contribution in [-0.4, -0.2) is 47.2 Å². The summed E-state index contributed by atoms with van der Waals surface area (Å²) < 4.78 is 10.6. The molecule has 2 N–H and O–H groups in total. The lowest BCUT2D eigenvalue weighted by Gasteiger charge is -2.23. The minimum absolute atomic E-state index is 0. The van der Waals surface area contributed by atoms with Gasteiger partial charge in [-0.3, -0.25) is 4.79 Å². The van der Waals surface area contributed by atoms with Crippen LogP contribution in [0.1, 0.15) is 26.2 Å². The van der Waals surface area contributed by atoms with Crippen LogP contribution in [0.3, 0.4) is 0 Å². The van der Waals surface area contributed by atoms with E-state index in [2.05, 4.69) is 10.1 Å². The number of nitrogens with two attached hydrogens (primary N) is 1. The molecule has 0 radical (unpaired) electrons. The number of aryl methyl sites for hydroxylation is 1.